The number of pyridine rings is 1. The van der Waals surface area contributed by atoms with Gasteiger partial charge in [0, 0.05) is 12.7 Å². The van der Waals surface area contributed by atoms with Crippen molar-refractivity contribution in [3.8, 4) is 0 Å². The quantitative estimate of drug-likeness (QED) is 0.557. The highest BCUT2D eigenvalue weighted by atomic mass is 32.2. The first-order valence-corrected chi connectivity index (χ1v) is 9.04. The highest BCUT2D eigenvalue weighted by Crippen LogP contribution is 2.34. The van der Waals surface area contributed by atoms with Gasteiger partial charge < -0.3 is 5.32 Å². The monoisotopic (exact) mass is 382 g/mol. The highest BCUT2D eigenvalue weighted by molar-refractivity contribution is 8.01. The molecule has 0 atom stereocenters. The van der Waals surface area contributed by atoms with E-state index in [1.807, 2.05) is 30.3 Å². The maximum Gasteiger partial charge on any atom is 0.417 e. The third-order valence-electron chi connectivity index (χ3n) is 3.74. The van der Waals surface area contributed by atoms with Crippen molar-refractivity contribution in [2.45, 2.75) is 42.6 Å². The van der Waals surface area contributed by atoms with Crippen molar-refractivity contribution in [3.05, 3.63) is 59.8 Å². The number of rotatable bonds is 7. The lowest BCUT2D eigenvalue weighted by molar-refractivity contribution is -0.137. The molecule has 2 rings (SSSR count). The first kappa shape index (κ1) is 20.3. The molecule has 0 saturated heterocycles. The fourth-order valence-corrected chi connectivity index (χ4v) is 3.20. The summed E-state index contributed by atoms with van der Waals surface area (Å²) in [6, 6.07) is 12.3. The Morgan fingerprint density at radius 1 is 1.12 bits per heavy atom. The molecule has 1 heterocycles. The Kier molecular flexibility index (Phi) is 6.69. The molecule has 0 aliphatic carbocycles. The van der Waals surface area contributed by atoms with Crippen molar-refractivity contribution < 1.29 is 18.0 Å². The van der Waals surface area contributed by atoms with Crippen LogP contribution in [-0.2, 0) is 17.4 Å². The second-order valence-corrected chi connectivity index (χ2v) is 7.98. The van der Waals surface area contributed by atoms with Crippen LogP contribution in [0.4, 0.5) is 13.2 Å². The summed E-state index contributed by atoms with van der Waals surface area (Å²) in [6.07, 6.45) is -1.94. The minimum atomic E-state index is -4.41. The van der Waals surface area contributed by atoms with Crippen LogP contribution in [0.5, 0.6) is 0 Å². The lowest BCUT2D eigenvalue weighted by Gasteiger charge is -2.22. The standard InChI is InChI=1S/C19H21F3N2OS/c1-18(2,26-16-11-10-15(13-24-16)19(20,21)22)17(25)23-12-6-9-14-7-4-3-5-8-14/h3-5,7-8,10-11,13H,6,9,12H2,1-2H3,(H,23,25). The summed E-state index contributed by atoms with van der Waals surface area (Å²) in [5, 5.41) is 3.26. The third kappa shape index (κ3) is 6.05. The number of benzene rings is 1. The van der Waals surface area contributed by atoms with Gasteiger partial charge in [-0.15, -0.1) is 0 Å². The van der Waals surface area contributed by atoms with Gasteiger partial charge in [-0.05, 0) is 44.4 Å². The topological polar surface area (TPSA) is 42.0 Å². The Balaban J connectivity index is 1.83. The van der Waals surface area contributed by atoms with Crippen molar-refractivity contribution in [3.63, 3.8) is 0 Å². The zero-order valence-electron chi connectivity index (χ0n) is 14.6. The predicted molar refractivity (Wildman–Crippen MR) is 96.9 cm³/mol. The van der Waals surface area contributed by atoms with Gasteiger partial charge in [-0.3, -0.25) is 4.79 Å². The zero-order chi connectivity index (χ0) is 19.2. The molecule has 0 aliphatic rings. The van der Waals surface area contributed by atoms with Gasteiger partial charge in [0.25, 0.3) is 0 Å². The van der Waals surface area contributed by atoms with Crippen molar-refractivity contribution in [1.29, 1.82) is 0 Å². The molecule has 0 spiro atoms. The molecular formula is C19H21F3N2OS. The predicted octanol–water partition coefficient (Wildman–Crippen LogP) is 4.72. The second kappa shape index (κ2) is 8.58. The first-order valence-electron chi connectivity index (χ1n) is 8.23. The number of nitrogens with one attached hydrogen (secondary N) is 1. The molecule has 2 aromatic rings. The molecule has 0 fully saturated rings. The summed E-state index contributed by atoms with van der Waals surface area (Å²) in [6.45, 7) is 3.99. The summed E-state index contributed by atoms with van der Waals surface area (Å²) < 4.78 is 36.9. The summed E-state index contributed by atoms with van der Waals surface area (Å²) in [5.41, 5.74) is 0.411. The number of nitrogens with zero attached hydrogens (tertiary/aromatic N) is 1. The molecule has 1 aromatic carbocycles. The molecule has 0 aliphatic heterocycles. The average molecular weight is 382 g/mol. The minimum Gasteiger partial charge on any atom is -0.355 e. The van der Waals surface area contributed by atoms with Crippen LogP contribution in [0, 0.1) is 0 Å². The van der Waals surface area contributed by atoms with Crippen molar-refractivity contribution in [1.82, 2.24) is 10.3 Å². The van der Waals surface area contributed by atoms with Crippen LogP contribution in [0.15, 0.2) is 53.7 Å². The molecule has 1 N–H and O–H groups in total. The van der Waals surface area contributed by atoms with Crippen LogP contribution in [0.1, 0.15) is 31.4 Å². The Hall–Kier alpha value is -2.02. The number of carbonyl (C=O) groups is 1. The normalized spacial score (nSPS) is 12.0. The lowest BCUT2D eigenvalue weighted by Crippen LogP contribution is -2.40. The van der Waals surface area contributed by atoms with Crippen LogP contribution in [0.25, 0.3) is 0 Å². The Bertz CT molecular complexity index is 716. The summed E-state index contributed by atoms with van der Waals surface area (Å²) in [4.78, 5) is 16.2. The number of hydrogen-bond acceptors (Lipinski definition) is 3. The molecular weight excluding hydrogens is 361 g/mol. The van der Waals surface area contributed by atoms with Crippen LogP contribution in [-0.4, -0.2) is 22.2 Å². The molecule has 26 heavy (non-hydrogen) atoms. The number of amides is 1. The van der Waals surface area contributed by atoms with Gasteiger partial charge in [-0.25, -0.2) is 4.98 Å². The fraction of sp³-hybridized carbons (Fsp3) is 0.368. The van der Waals surface area contributed by atoms with E-state index in [-0.39, 0.29) is 5.91 Å². The van der Waals surface area contributed by atoms with Gasteiger partial charge >= 0.3 is 6.18 Å². The van der Waals surface area contributed by atoms with Gasteiger partial charge in [0.2, 0.25) is 5.91 Å². The fourth-order valence-electron chi connectivity index (χ4n) is 2.27. The van der Waals surface area contributed by atoms with Gasteiger partial charge in [-0.1, -0.05) is 42.1 Å². The number of aryl methyl sites for hydroxylation is 1. The number of hydrogen-bond donors (Lipinski definition) is 1. The van der Waals surface area contributed by atoms with Crippen molar-refractivity contribution in [2.75, 3.05) is 6.54 Å². The zero-order valence-corrected chi connectivity index (χ0v) is 15.5. The molecule has 1 amide bonds. The molecule has 7 heteroatoms. The van der Waals surface area contributed by atoms with Gasteiger partial charge in [0.05, 0.1) is 15.3 Å². The SMILES string of the molecule is CC(C)(Sc1ccc(C(F)(F)F)cn1)C(=O)NCCCc1ccccc1. The van der Waals surface area contributed by atoms with Crippen molar-refractivity contribution >= 4 is 17.7 Å². The van der Waals surface area contributed by atoms with Gasteiger partial charge in [0.15, 0.2) is 0 Å². The summed E-state index contributed by atoms with van der Waals surface area (Å²) in [5.74, 6) is -0.169. The van der Waals surface area contributed by atoms with Crippen LogP contribution < -0.4 is 5.32 Å². The average Bonchev–Trinajstić information content (AvgIpc) is 2.58. The summed E-state index contributed by atoms with van der Waals surface area (Å²) in [7, 11) is 0. The van der Waals surface area contributed by atoms with Crippen LogP contribution in [0.3, 0.4) is 0 Å². The number of aromatic nitrogens is 1. The van der Waals surface area contributed by atoms with Crippen LogP contribution in [0.2, 0.25) is 0 Å². The van der Waals surface area contributed by atoms with E-state index >= 15 is 0 Å². The number of thioether (sulfide) groups is 1. The smallest absolute Gasteiger partial charge is 0.355 e. The van der Waals surface area contributed by atoms with E-state index in [2.05, 4.69) is 10.3 Å². The molecule has 3 nitrogen and oxygen atoms in total. The molecule has 0 saturated carbocycles. The minimum absolute atomic E-state index is 0.169. The van der Waals surface area contributed by atoms with Crippen LogP contribution >= 0.6 is 11.8 Å². The molecule has 0 bridgehead atoms. The molecule has 140 valence electrons. The Labute approximate surface area is 155 Å². The first-order chi connectivity index (χ1) is 12.2. The number of halogens is 3. The Morgan fingerprint density at radius 2 is 1.81 bits per heavy atom. The van der Waals surface area contributed by atoms with Gasteiger partial charge in [0.1, 0.15) is 0 Å². The molecule has 1 aromatic heterocycles. The van der Waals surface area contributed by atoms with E-state index in [1.165, 1.54) is 11.6 Å². The number of alkyl halides is 3. The third-order valence-corrected chi connectivity index (χ3v) is 4.89. The highest BCUT2D eigenvalue weighted by Gasteiger charge is 2.32. The largest absolute Gasteiger partial charge is 0.417 e. The van der Waals surface area contributed by atoms with E-state index in [4.69, 9.17) is 0 Å². The molecule has 0 unspecified atom stereocenters. The van der Waals surface area contributed by atoms with E-state index < -0.39 is 16.5 Å². The van der Waals surface area contributed by atoms with E-state index in [0.717, 1.165) is 36.9 Å². The molecule has 0 radical (unpaired) electrons. The number of carbonyl (C=O) groups excluding carboxylic acids is 1. The van der Waals surface area contributed by atoms with E-state index in [1.54, 1.807) is 13.8 Å². The maximum atomic E-state index is 12.6. The van der Waals surface area contributed by atoms with Gasteiger partial charge in [-0.2, -0.15) is 13.2 Å². The lowest BCUT2D eigenvalue weighted by atomic mass is 10.1. The maximum absolute atomic E-state index is 12.6. The van der Waals surface area contributed by atoms with E-state index in [9.17, 15) is 18.0 Å². The van der Waals surface area contributed by atoms with E-state index in [0.29, 0.717) is 11.6 Å². The van der Waals surface area contributed by atoms with Crippen molar-refractivity contribution in [2.24, 2.45) is 0 Å². The second-order valence-electron chi connectivity index (χ2n) is 6.34. The Morgan fingerprint density at radius 3 is 2.38 bits per heavy atom. The summed E-state index contributed by atoms with van der Waals surface area (Å²) >= 11 is 1.14.